The molecule has 1 aromatic heterocycles. The first-order chi connectivity index (χ1) is 15.0. The molecule has 0 bridgehead atoms. The Kier molecular flexibility index (Phi) is 5.84. The lowest BCUT2D eigenvalue weighted by molar-refractivity contribution is -0.121. The monoisotopic (exact) mass is 423 g/mol. The molecule has 0 aliphatic carbocycles. The molecular weight excluding hydrogens is 398 g/mol. The van der Waals surface area contributed by atoms with Crippen LogP contribution in [0.3, 0.4) is 0 Å². The summed E-state index contributed by atoms with van der Waals surface area (Å²) in [6.45, 7) is 4.83. The van der Waals surface area contributed by atoms with Crippen LogP contribution in [-0.2, 0) is 11.2 Å². The van der Waals surface area contributed by atoms with E-state index in [0.29, 0.717) is 48.0 Å². The molecule has 1 atom stereocenters. The van der Waals surface area contributed by atoms with Crippen LogP contribution in [0.1, 0.15) is 36.1 Å². The highest BCUT2D eigenvalue weighted by Gasteiger charge is 2.17. The second-order valence-corrected chi connectivity index (χ2v) is 7.55. The van der Waals surface area contributed by atoms with Crippen LogP contribution in [-0.4, -0.2) is 26.2 Å². The van der Waals surface area contributed by atoms with Gasteiger partial charge in [0.25, 0.3) is 0 Å². The van der Waals surface area contributed by atoms with E-state index >= 15 is 0 Å². The molecule has 4 rings (SSSR count). The molecule has 31 heavy (non-hydrogen) atoms. The summed E-state index contributed by atoms with van der Waals surface area (Å²) in [6, 6.07) is 10.8. The maximum absolute atomic E-state index is 12.5. The molecular formula is C24H25NO6. The topological polar surface area (TPSA) is 87.0 Å². The number of carbonyl (C=O) groups excluding carboxylic acids is 1. The number of amides is 1. The summed E-state index contributed by atoms with van der Waals surface area (Å²) >= 11 is 0. The largest absolute Gasteiger partial charge is 0.497 e. The van der Waals surface area contributed by atoms with E-state index in [0.717, 1.165) is 16.5 Å². The van der Waals surface area contributed by atoms with Crippen molar-refractivity contribution in [3.05, 3.63) is 63.5 Å². The second-order valence-electron chi connectivity index (χ2n) is 7.55. The zero-order chi connectivity index (χ0) is 22.0. The summed E-state index contributed by atoms with van der Waals surface area (Å²) < 4.78 is 21.8. The van der Waals surface area contributed by atoms with Gasteiger partial charge in [-0.3, -0.25) is 4.79 Å². The van der Waals surface area contributed by atoms with E-state index in [4.69, 9.17) is 18.6 Å². The Hall–Kier alpha value is -3.48. The van der Waals surface area contributed by atoms with Crippen LogP contribution in [0.25, 0.3) is 11.0 Å². The molecule has 3 aromatic rings. The fraction of sp³-hybridized carbons (Fsp3) is 0.333. The van der Waals surface area contributed by atoms with Crippen molar-refractivity contribution in [3.63, 3.8) is 0 Å². The Morgan fingerprint density at radius 1 is 1.13 bits per heavy atom. The molecule has 1 aliphatic heterocycles. The molecule has 1 amide bonds. The van der Waals surface area contributed by atoms with Crippen LogP contribution in [0.5, 0.6) is 17.2 Å². The summed E-state index contributed by atoms with van der Waals surface area (Å²) in [5.41, 5.74) is 2.31. The number of hydrogen-bond acceptors (Lipinski definition) is 6. The highest BCUT2D eigenvalue weighted by Crippen LogP contribution is 2.32. The van der Waals surface area contributed by atoms with E-state index in [9.17, 15) is 9.59 Å². The van der Waals surface area contributed by atoms with Crippen LogP contribution >= 0.6 is 0 Å². The summed E-state index contributed by atoms with van der Waals surface area (Å²) in [4.78, 5) is 25.0. The van der Waals surface area contributed by atoms with E-state index < -0.39 is 5.63 Å². The van der Waals surface area contributed by atoms with Gasteiger partial charge in [0.15, 0.2) is 11.5 Å². The predicted octanol–water partition coefficient (Wildman–Crippen LogP) is 3.69. The van der Waals surface area contributed by atoms with Gasteiger partial charge in [-0.05, 0) is 55.7 Å². The van der Waals surface area contributed by atoms with Crippen molar-refractivity contribution in [2.45, 2.75) is 32.7 Å². The van der Waals surface area contributed by atoms with E-state index in [1.165, 1.54) is 0 Å². The second kappa shape index (κ2) is 8.71. The third-order valence-corrected chi connectivity index (χ3v) is 5.54. The highest BCUT2D eigenvalue weighted by atomic mass is 16.6. The van der Waals surface area contributed by atoms with Crippen molar-refractivity contribution < 1.29 is 23.4 Å². The summed E-state index contributed by atoms with van der Waals surface area (Å²) in [5.74, 6) is 1.88. The van der Waals surface area contributed by atoms with Crippen LogP contribution < -0.4 is 25.2 Å². The van der Waals surface area contributed by atoms with Crippen molar-refractivity contribution in [1.29, 1.82) is 0 Å². The normalized spacial score (nSPS) is 13.6. The lowest BCUT2D eigenvalue weighted by Gasteiger charge is -2.21. The van der Waals surface area contributed by atoms with Crippen molar-refractivity contribution in [1.82, 2.24) is 5.32 Å². The Balaban J connectivity index is 1.44. The van der Waals surface area contributed by atoms with Crippen molar-refractivity contribution in [2.75, 3.05) is 20.3 Å². The Morgan fingerprint density at radius 2 is 1.90 bits per heavy atom. The van der Waals surface area contributed by atoms with Gasteiger partial charge in [0.2, 0.25) is 5.91 Å². The third-order valence-electron chi connectivity index (χ3n) is 5.54. The first-order valence-electron chi connectivity index (χ1n) is 10.3. The molecule has 0 fully saturated rings. The van der Waals surface area contributed by atoms with Gasteiger partial charge in [-0.25, -0.2) is 4.79 Å². The zero-order valence-electron chi connectivity index (χ0n) is 17.8. The van der Waals surface area contributed by atoms with E-state index in [-0.39, 0.29) is 18.4 Å². The summed E-state index contributed by atoms with van der Waals surface area (Å²) in [6.07, 6.45) is 0.484. The van der Waals surface area contributed by atoms with Crippen molar-refractivity contribution in [3.8, 4) is 17.2 Å². The number of benzene rings is 2. The highest BCUT2D eigenvalue weighted by molar-refractivity contribution is 5.83. The smallest absolute Gasteiger partial charge is 0.339 e. The van der Waals surface area contributed by atoms with Crippen molar-refractivity contribution >= 4 is 16.9 Å². The number of rotatable bonds is 6. The average molecular weight is 423 g/mol. The third kappa shape index (κ3) is 4.35. The van der Waals surface area contributed by atoms with E-state index in [1.54, 1.807) is 13.2 Å². The van der Waals surface area contributed by atoms with Crippen LogP contribution in [0.4, 0.5) is 0 Å². The molecule has 0 unspecified atom stereocenters. The SMILES string of the molecule is COc1ccc2c(C)c(CCC(=O)N[C@H](C)c3ccc4c(c3)OCCO4)c(=O)oc2c1. The number of aryl methyl sites for hydroxylation is 1. The van der Waals surface area contributed by atoms with Gasteiger partial charge in [-0.1, -0.05) is 6.07 Å². The van der Waals surface area contributed by atoms with Gasteiger partial charge >= 0.3 is 5.63 Å². The fourth-order valence-corrected chi connectivity index (χ4v) is 3.76. The van der Waals surface area contributed by atoms with E-state index in [1.807, 2.05) is 44.2 Å². The Morgan fingerprint density at radius 3 is 2.68 bits per heavy atom. The quantitative estimate of drug-likeness (QED) is 0.609. The number of fused-ring (bicyclic) bond motifs is 2. The minimum Gasteiger partial charge on any atom is -0.497 e. The molecule has 2 heterocycles. The number of carbonyl (C=O) groups is 1. The lowest BCUT2D eigenvalue weighted by atomic mass is 10.0. The van der Waals surface area contributed by atoms with Gasteiger partial charge in [-0.2, -0.15) is 0 Å². The molecule has 1 N–H and O–H groups in total. The van der Waals surface area contributed by atoms with Gasteiger partial charge in [0.1, 0.15) is 24.5 Å². The number of hydrogen-bond donors (Lipinski definition) is 1. The van der Waals surface area contributed by atoms with Crippen LogP contribution in [0.15, 0.2) is 45.6 Å². The molecule has 7 nitrogen and oxygen atoms in total. The van der Waals surface area contributed by atoms with Crippen molar-refractivity contribution in [2.24, 2.45) is 0 Å². The fourth-order valence-electron chi connectivity index (χ4n) is 3.76. The average Bonchev–Trinajstić information content (AvgIpc) is 2.78. The number of methoxy groups -OCH3 is 1. The summed E-state index contributed by atoms with van der Waals surface area (Å²) in [7, 11) is 1.56. The predicted molar refractivity (Wildman–Crippen MR) is 116 cm³/mol. The number of nitrogens with one attached hydrogen (secondary N) is 1. The minimum absolute atomic E-state index is 0.143. The molecule has 0 saturated heterocycles. The molecule has 7 heteroatoms. The first-order valence-corrected chi connectivity index (χ1v) is 10.3. The first kappa shape index (κ1) is 20.8. The lowest BCUT2D eigenvalue weighted by Crippen LogP contribution is -2.27. The van der Waals surface area contributed by atoms with E-state index in [2.05, 4.69) is 5.32 Å². The zero-order valence-corrected chi connectivity index (χ0v) is 17.8. The maximum atomic E-state index is 12.5. The molecule has 1 aliphatic rings. The summed E-state index contributed by atoms with van der Waals surface area (Å²) in [5, 5.41) is 3.81. The van der Waals surface area contributed by atoms with Gasteiger partial charge in [0.05, 0.1) is 13.2 Å². The molecule has 0 radical (unpaired) electrons. The molecule has 0 spiro atoms. The van der Waals surface area contributed by atoms with Gasteiger partial charge in [0, 0.05) is 23.4 Å². The van der Waals surface area contributed by atoms with Crippen LogP contribution in [0.2, 0.25) is 0 Å². The van der Waals surface area contributed by atoms with Crippen LogP contribution in [0, 0.1) is 6.92 Å². The molecule has 2 aromatic carbocycles. The van der Waals surface area contributed by atoms with Gasteiger partial charge in [-0.15, -0.1) is 0 Å². The standard InChI is InChI=1S/C24H25NO6/c1-14-18-6-5-17(28-3)13-21(18)31-24(27)19(14)7-9-23(26)25-15(2)16-4-8-20-22(12-16)30-11-10-29-20/h4-6,8,12-13,15H,7,9-11H2,1-3H3,(H,25,26)/t15-/m1/s1. The number of ether oxygens (including phenoxy) is 3. The maximum Gasteiger partial charge on any atom is 0.339 e. The molecule has 0 saturated carbocycles. The molecule has 162 valence electrons. The Bertz CT molecular complexity index is 1180. The minimum atomic E-state index is -0.425. The van der Waals surface area contributed by atoms with Gasteiger partial charge < -0.3 is 23.9 Å². The Labute approximate surface area is 179 Å².